The van der Waals surface area contributed by atoms with Gasteiger partial charge < -0.3 is 4.90 Å². The zero-order valence-corrected chi connectivity index (χ0v) is 7.75. The number of hydrogen-bond acceptors (Lipinski definition) is 1. The van der Waals surface area contributed by atoms with Crippen molar-refractivity contribution in [1.29, 1.82) is 0 Å². The largest absolute Gasteiger partial charge is 0.315 e. The van der Waals surface area contributed by atoms with Crippen molar-refractivity contribution in [2.75, 3.05) is 6.54 Å². The van der Waals surface area contributed by atoms with Crippen molar-refractivity contribution >= 4 is 6.41 Å². The molecule has 0 rings (SSSR count). The first-order valence-corrected chi connectivity index (χ1v) is 4.42. The lowest BCUT2D eigenvalue weighted by Gasteiger charge is -2.09. The molecule has 0 N–H and O–H groups in total. The molecule has 0 aliphatic heterocycles. The van der Waals surface area contributed by atoms with Gasteiger partial charge in [-0.25, -0.2) is 0 Å². The van der Waals surface area contributed by atoms with Crippen molar-refractivity contribution in [2.45, 2.75) is 32.6 Å². The fraction of sp³-hybridized carbons (Fsp3) is 0.600. The first kappa shape index (κ1) is 11.0. The fourth-order valence-corrected chi connectivity index (χ4v) is 0.986. The van der Waals surface area contributed by atoms with E-state index in [1.807, 2.05) is 0 Å². The second kappa shape index (κ2) is 8.09. The van der Waals surface area contributed by atoms with Crippen LogP contribution >= 0.6 is 0 Å². The average molecular weight is 167 g/mol. The number of unbranched alkanes of at least 4 members (excludes halogenated alkanes) is 3. The Labute approximate surface area is 74.6 Å². The van der Waals surface area contributed by atoms with Crippen molar-refractivity contribution in [1.82, 2.24) is 4.90 Å². The van der Waals surface area contributed by atoms with Crippen LogP contribution in [0.5, 0.6) is 0 Å². The standard InChI is InChI=1S/C10H17NO/c1-3-5-6-7-9-11(10-12)8-4-2/h8,10H,2-3,5-7,9H2,1H3. The van der Waals surface area contributed by atoms with Gasteiger partial charge >= 0.3 is 0 Å². The molecule has 0 fully saturated rings. The molecule has 2 nitrogen and oxygen atoms in total. The minimum Gasteiger partial charge on any atom is -0.315 e. The summed E-state index contributed by atoms with van der Waals surface area (Å²) in [7, 11) is 0. The maximum absolute atomic E-state index is 10.4. The summed E-state index contributed by atoms with van der Waals surface area (Å²) in [6.45, 7) is 6.36. The molecule has 0 unspecified atom stereocenters. The monoisotopic (exact) mass is 167 g/mol. The molecular weight excluding hydrogens is 150 g/mol. The zero-order chi connectivity index (χ0) is 9.23. The molecule has 68 valence electrons. The Bertz CT molecular complexity index is 159. The van der Waals surface area contributed by atoms with Gasteiger partial charge in [0.15, 0.2) is 0 Å². The maximum atomic E-state index is 10.4. The lowest BCUT2D eigenvalue weighted by molar-refractivity contribution is -0.115. The van der Waals surface area contributed by atoms with E-state index in [1.165, 1.54) is 19.3 Å². The summed E-state index contributed by atoms with van der Waals surface area (Å²) in [4.78, 5) is 12.0. The van der Waals surface area contributed by atoms with Gasteiger partial charge in [-0.15, -0.1) is 5.73 Å². The second-order valence-corrected chi connectivity index (χ2v) is 2.74. The summed E-state index contributed by atoms with van der Waals surface area (Å²) in [6.07, 6.45) is 7.10. The predicted octanol–water partition coefficient (Wildman–Crippen LogP) is 2.32. The highest BCUT2D eigenvalue weighted by atomic mass is 16.1. The Morgan fingerprint density at radius 3 is 2.67 bits per heavy atom. The lowest BCUT2D eigenvalue weighted by atomic mass is 10.2. The van der Waals surface area contributed by atoms with Crippen LogP contribution in [0.2, 0.25) is 0 Å². The Balaban J connectivity index is 3.44. The topological polar surface area (TPSA) is 20.3 Å². The van der Waals surface area contributed by atoms with Crippen LogP contribution < -0.4 is 0 Å². The van der Waals surface area contributed by atoms with Gasteiger partial charge in [-0.3, -0.25) is 4.79 Å². The van der Waals surface area contributed by atoms with Gasteiger partial charge in [0, 0.05) is 12.7 Å². The van der Waals surface area contributed by atoms with E-state index in [0.29, 0.717) is 0 Å². The van der Waals surface area contributed by atoms with Crippen LogP contribution in [-0.2, 0) is 4.79 Å². The molecule has 0 saturated heterocycles. The van der Waals surface area contributed by atoms with E-state index >= 15 is 0 Å². The van der Waals surface area contributed by atoms with E-state index in [4.69, 9.17) is 0 Å². The van der Waals surface area contributed by atoms with E-state index in [9.17, 15) is 4.79 Å². The highest BCUT2D eigenvalue weighted by Gasteiger charge is 1.94. The minimum absolute atomic E-state index is 0.784. The Morgan fingerprint density at radius 2 is 2.17 bits per heavy atom. The molecule has 0 spiro atoms. The third-order valence-corrected chi connectivity index (χ3v) is 1.66. The number of rotatable bonds is 7. The molecule has 0 aliphatic rings. The Hall–Kier alpha value is -1.01. The molecule has 0 radical (unpaired) electrons. The van der Waals surface area contributed by atoms with Gasteiger partial charge in [0.05, 0.1) is 0 Å². The van der Waals surface area contributed by atoms with Crippen molar-refractivity contribution < 1.29 is 4.79 Å². The SMILES string of the molecule is C=C=CN(C=O)CCCCCC. The van der Waals surface area contributed by atoms with Crippen molar-refractivity contribution in [2.24, 2.45) is 0 Å². The van der Waals surface area contributed by atoms with Gasteiger partial charge in [-0.1, -0.05) is 32.8 Å². The smallest absolute Gasteiger partial charge is 0.214 e. The second-order valence-electron chi connectivity index (χ2n) is 2.74. The quantitative estimate of drug-likeness (QED) is 0.324. The zero-order valence-electron chi connectivity index (χ0n) is 7.75. The Morgan fingerprint density at radius 1 is 1.42 bits per heavy atom. The number of carbonyl (C=O) groups excluding carboxylic acids is 1. The van der Waals surface area contributed by atoms with Gasteiger partial charge in [-0.05, 0) is 6.42 Å². The molecule has 0 aromatic carbocycles. The van der Waals surface area contributed by atoms with Gasteiger partial charge in [0.25, 0.3) is 0 Å². The van der Waals surface area contributed by atoms with E-state index in [-0.39, 0.29) is 0 Å². The van der Waals surface area contributed by atoms with E-state index < -0.39 is 0 Å². The van der Waals surface area contributed by atoms with Gasteiger partial charge in [0.1, 0.15) is 0 Å². The fourth-order valence-electron chi connectivity index (χ4n) is 0.986. The summed E-state index contributed by atoms with van der Waals surface area (Å²) in [5.41, 5.74) is 2.58. The van der Waals surface area contributed by atoms with Crippen LogP contribution in [0, 0.1) is 0 Å². The van der Waals surface area contributed by atoms with E-state index in [1.54, 1.807) is 11.1 Å². The Kier molecular flexibility index (Phi) is 7.41. The molecule has 0 aromatic rings. The molecule has 0 heterocycles. The number of amides is 1. The summed E-state index contributed by atoms with van der Waals surface area (Å²) >= 11 is 0. The molecule has 0 bridgehead atoms. The highest BCUT2D eigenvalue weighted by molar-refractivity contribution is 5.48. The number of carbonyl (C=O) groups is 1. The minimum atomic E-state index is 0.784. The van der Waals surface area contributed by atoms with Crippen LogP contribution in [0.1, 0.15) is 32.6 Å². The highest BCUT2D eigenvalue weighted by Crippen LogP contribution is 1.99. The number of hydrogen-bond donors (Lipinski definition) is 0. The third-order valence-electron chi connectivity index (χ3n) is 1.66. The molecule has 0 aliphatic carbocycles. The van der Waals surface area contributed by atoms with Crippen molar-refractivity contribution in [3.05, 3.63) is 18.5 Å². The molecule has 0 atom stereocenters. The van der Waals surface area contributed by atoms with Crippen LogP contribution in [-0.4, -0.2) is 17.9 Å². The first-order valence-electron chi connectivity index (χ1n) is 4.42. The third kappa shape index (κ3) is 5.75. The summed E-state index contributed by atoms with van der Waals surface area (Å²) in [5.74, 6) is 0. The number of nitrogens with zero attached hydrogens (tertiary/aromatic N) is 1. The molecule has 2 heteroatoms. The molecular formula is C10H17NO. The maximum Gasteiger partial charge on any atom is 0.214 e. The normalized spacial score (nSPS) is 8.75. The molecule has 1 amide bonds. The van der Waals surface area contributed by atoms with Crippen LogP contribution in [0.3, 0.4) is 0 Å². The first-order chi connectivity index (χ1) is 5.85. The van der Waals surface area contributed by atoms with Crippen molar-refractivity contribution in [3.8, 4) is 0 Å². The van der Waals surface area contributed by atoms with Gasteiger partial charge in [-0.2, -0.15) is 0 Å². The predicted molar refractivity (Wildman–Crippen MR) is 50.6 cm³/mol. The van der Waals surface area contributed by atoms with E-state index in [0.717, 1.165) is 19.4 Å². The summed E-state index contributed by atoms with van der Waals surface area (Å²) < 4.78 is 0. The lowest BCUT2D eigenvalue weighted by Crippen LogP contribution is -2.15. The van der Waals surface area contributed by atoms with E-state index in [2.05, 4.69) is 19.2 Å². The summed E-state index contributed by atoms with van der Waals surface area (Å²) in [5, 5.41) is 0. The van der Waals surface area contributed by atoms with Crippen LogP contribution in [0.4, 0.5) is 0 Å². The van der Waals surface area contributed by atoms with Crippen molar-refractivity contribution in [3.63, 3.8) is 0 Å². The molecule has 0 aromatic heterocycles. The molecule has 12 heavy (non-hydrogen) atoms. The van der Waals surface area contributed by atoms with Crippen LogP contribution in [0.25, 0.3) is 0 Å². The average Bonchev–Trinajstić information content (AvgIpc) is 2.10. The molecule has 0 saturated carbocycles. The van der Waals surface area contributed by atoms with Crippen LogP contribution in [0.15, 0.2) is 18.5 Å². The van der Waals surface area contributed by atoms with Gasteiger partial charge in [0.2, 0.25) is 6.41 Å². The summed E-state index contributed by atoms with van der Waals surface area (Å²) in [6, 6.07) is 0.